The van der Waals surface area contributed by atoms with Crippen LogP contribution in [-0.2, 0) is 16.0 Å². The molecule has 7 nitrogen and oxygen atoms in total. The topological polar surface area (TPSA) is 102 Å². The van der Waals surface area contributed by atoms with Gasteiger partial charge in [-0.2, -0.15) is 0 Å². The molecule has 122 valence electrons. The standard InChI is InChI=1S/C16H18N2O5/c1-16(2,3)23-15(21)17-12-7-5-4-6-10(12)11-9-22-18-13(11)8-14(19)20/h4-7,9H,8H2,1-3H3,(H,17,21)(H,19,20). The summed E-state index contributed by atoms with van der Waals surface area (Å²) in [5, 5.41) is 15.3. The van der Waals surface area contributed by atoms with Crippen LogP contribution < -0.4 is 5.32 Å². The number of carbonyl (C=O) groups is 2. The number of carboxylic acid groups (broad SMARTS) is 1. The molecule has 0 saturated heterocycles. The molecule has 1 aromatic heterocycles. The van der Waals surface area contributed by atoms with Crippen molar-refractivity contribution in [2.75, 3.05) is 5.32 Å². The molecule has 0 fully saturated rings. The van der Waals surface area contributed by atoms with Gasteiger partial charge in [-0.05, 0) is 26.8 Å². The molecule has 0 unspecified atom stereocenters. The molecule has 0 aliphatic carbocycles. The Kier molecular flexibility index (Phi) is 4.68. The van der Waals surface area contributed by atoms with Crippen LogP contribution in [0.2, 0.25) is 0 Å². The van der Waals surface area contributed by atoms with Gasteiger partial charge in [0, 0.05) is 11.1 Å². The summed E-state index contributed by atoms with van der Waals surface area (Å²) in [6, 6.07) is 6.95. The molecule has 0 radical (unpaired) electrons. The van der Waals surface area contributed by atoms with Crippen LogP contribution in [0.1, 0.15) is 26.5 Å². The number of anilines is 1. The fourth-order valence-electron chi connectivity index (χ4n) is 1.99. The lowest BCUT2D eigenvalue weighted by atomic mass is 10.0. The molecule has 0 bridgehead atoms. The fraction of sp³-hybridized carbons (Fsp3) is 0.312. The number of amides is 1. The van der Waals surface area contributed by atoms with Crippen molar-refractivity contribution < 1.29 is 24.0 Å². The van der Waals surface area contributed by atoms with Crippen LogP contribution in [0.5, 0.6) is 0 Å². The van der Waals surface area contributed by atoms with E-state index in [2.05, 4.69) is 10.5 Å². The van der Waals surface area contributed by atoms with Gasteiger partial charge in [0.1, 0.15) is 17.6 Å². The molecular weight excluding hydrogens is 300 g/mol. The van der Waals surface area contributed by atoms with Crippen molar-refractivity contribution in [1.82, 2.24) is 5.16 Å². The number of hydrogen-bond acceptors (Lipinski definition) is 5. The quantitative estimate of drug-likeness (QED) is 0.896. The molecule has 0 aliphatic rings. The number of para-hydroxylation sites is 1. The van der Waals surface area contributed by atoms with Gasteiger partial charge >= 0.3 is 12.1 Å². The molecule has 1 heterocycles. The molecule has 7 heteroatoms. The first kappa shape index (κ1) is 16.5. The zero-order valence-electron chi connectivity index (χ0n) is 13.1. The van der Waals surface area contributed by atoms with Gasteiger partial charge in [-0.15, -0.1) is 0 Å². The number of aliphatic carboxylic acids is 1. The summed E-state index contributed by atoms with van der Waals surface area (Å²) in [4.78, 5) is 22.8. The Morgan fingerprint density at radius 1 is 1.26 bits per heavy atom. The predicted octanol–water partition coefficient (Wildman–Crippen LogP) is 3.32. The average molecular weight is 318 g/mol. The van der Waals surface area contributed by atoms with Gasteiger partial charge < -0.3 is 14.4 Å². The average Bonchev–Trinajstić information content (AvgIpc) is 2.84. The van der Waals surface area contributed by atoms with E-state index >= 15 is 0 Å². The van der Waals surface area contributed by atoms with Crippen LogP contribution in [0.3, 0.4) is 0 Å². The van der Waals surface area contributed by atoms with Gasteiger partial charge in [0.25, 0.3) is 0 Å². The Morgan fingerprint density at radius 3 is 2.61 bits per heavy atom. The molecule has 0 atom stereocenters. The number of ether oxygens (including phenoxy) is 1. The first-order chi connectivity index (χ1) is 10.8. The van der Waals surface area contributed by atoms with Gasteiger partial charge in [-0.25, -0.2) is 4.79 Å². The number of nitrogens with one attached hydrogen (secondary N) is 1. The largest absolute Gasteiger partial charge is 0.481 e. The maximum Gasteiger partial charge on any atom is 0.412 e. The van der Waals surface area contributed by atoms with Crippen LogP contribution >= 0.6 is 0 Å². The van der Waals surface area contributed by atoms with Crippen molar-refractivity contribution >= 4 is 17.7 Å². The van der Waals surface area contributed by atoms with Crippen molar-refractivity contribution in [2.45, 2.75) is 32.8 Å². The summed E-state index contributed by atoms with van der Waals surface area (Å²) in [7, 11) is 0. The first-order valence-electron chi connectivity index (χ1n) is 7.01. The maximum atomic E-state index is 11.9. The van der Waals surface area contributed by atoms with Crippen LogP contribution in [0, 0.1) is 0 Å². The third-order valence-corrected chi connectivity index (χ3v) is 2.82. The highest BCUT2D eigenvalue weighted by Crippen LogP contribution is 2.31. The van der Waals surface area contributed by atoms with Gasteiger partial charge in [-0.1, -0.05) is 23.4 Å². The Morgan fingerprint density at radius 2 is 1.96 bits per heavy atom. The Balaban J connectivity index is 2.30. The second-order valence-corrected chi connectivity index (χ2v) is 5.92. The Bertz CT molecular complexity index is 715. The molecular formula is C16H18N2O5. The van der Waals surface area contributed by atoms with Crippen LogP contribution in [0.15, 0.2) is 35.1 Å². The number of hydrogen-bond donors (Lipinski definition) is 2. The molecule has 0 spiro atoms. The SMILES string of the molecule is CC(C)(C)OC(=O)Nc1ccccc1-c1conc1CC(=O)O. The highest BCUT2D eigenvalue weighted by molar-refractivity contribution is 5.92. The minimum atomic E-state index is -1.02. The third-order valence-electron chi connectivity index (χ3n) is 2.82. The molecule has 1 amide bonds. The smallest absolute Gasteiger partial charge is 0.412 e. The second kappa shape index (κ2) is 6.51. The molecule has 1 aromatic carbocycles. The van der Waals surface area contributed by atoms with E-state index in [1.165, 1.54) is 6.26 Å². The van der Waals surface area contributed by atoms with E-state index in [4.69, 9.17) is 14.4 Å². The van der Waals surface area contributed by atoms with Crippen LogP contribution in [-0.4, -0.2) is 27.9 Å². The first-order valence-corrected chi connectivity index (χ1v) is 7.01. The Hall–Kier alpha value is -2.83. The third kappa shape index (κ3) is 4.57. The summed E-state index contributed by atoms with van der Waals surface area (Å²) < 4.78 is 10.1. The van der Waals surface area contributed by atoms with Crippen LogP contribution in [0.4, 0.5) is 10.5 Å². The second-order valence-electron chi connectivity index (χ2n) is 5.92. The minimum absolute atomic E-state index is 0.271. The molecule has 2 N–H and O–H groups in total. The van der Waals surface area contributed by atoms with Crippen molar-refractivity contribution in [3.8, 4) is 11.1 Å². The van der Waals surface area contributed by atoms with Crippen LogP contribution in [0.25, 0.3) is 11.1 Å². The van der Waals surface area contributed by atoms with E-state index in [1.807, 2.05) is 0 Å². The zero-order valence-corrected chi connectivity index (χ0v) is 13.1. The fourth-order valence-corrected chi connectivity index (χ4v) is 1.99. The maximum absolute atomic E-state index is 11.9. The van der Waals surface area contributed by atoms with E-state index in [0.29, 0.717) is 16.8 Å². The van der Waals surface area contributed by atoms with E-state index in [9.17, 15) is 9.59 Å². The lowest BCUT2D eigenvalue weighted by molar-refractivity contribution is -0.136. The Labute approximate surface area is 133 Å². The van der Waals surface area contributed by atoms with E-state index in [-0.39, 0.29) is 12.1 Å². The lowest BCUT2D eigenvalue weighted by Gasteiger charge is -2.20. The summed E-state index contributed by atoms with van der Waals surface area (Å²) in [5.41, 5.74) is 1.27. The number of carbonyl (C=O) groups excluding carboxylic acids is 1. The number of benzene rings is 1. The van der Waals surface area contributed by atoms with E-state index in [1.54, 1.807) is 45.0 Å². The normalized spacial score (nSPS) is 11.1. The summed E-state index contributed by atoms with van der Waals surface area (Å²) in [6.45, 7) is 5.30. The highest BCUT2D eigenvalue weighted by Gasteiger charge is 2.20. The summed E-state index contributed by atoms with van der Waals surface area (Å²) in [6.07, 6.45) is 0.488. The van der Waals surface area contributed by atoms with E-state index < -0.39 is 17.7 Å². The molecule has 23 heavy (non-hydrogen) atoms. The highest BCUT2D eigenvalue weighted by atomic mass is 16.6. The zero-order chi connectivity index (χ0) is 17.0. The molecule has 0 aliphatic heterocycles. The number of carboxylic acids is 1. The molecule has 0 saturated carbocycles. The number of rotatable bonds is 4. The van der Waals surface area contributed by atoms with Gasteiger partial charge in [0.05, 0.1) is 12.1 Å². The number of aromatic nitrogens is 1. The monoisotopic (exact) mass is 318 g/mol. The molecule has 2 rings (SSSR count). The van der Waals surface area contributed by atoms with Gasteiger partial charge in [0.15, 0.2) is 0 Å². The van der Waals surface area contributed by atoms with Crippen molar-refractivity contribution in [3.05, 3.63) is 36.2 Å². The molecule has 2 aromatic rings. The van der Waals surface area contributed by atoms with Crippen molar-refractivity contribution in [3.63, 3.8) is 0 Å². The summed E-state index contributed by atoms with van der Waals surface area (Å²) >= 11 is 0. The van der Waals surface area contributed by atoms with Crippen molar-refractivity contribution in [1.29, 1.82) is 0 Å². The summed E-state index contributed by atoms with van der Waals surface area (Å²) in [5.74, 6) is -1.02. The number of nitrogens with zero attached hydrogens (tertiary/aromatic N) is 1. The lowest BCUT2D eigenvalue weighted by Crippen LogP contribution is -2.27. The van der Waals surface area contributed by atoms with Gasteiger partial charge in [-0.3, -0.25) is 10.1 Å². The minimum Gasteiger partial charge on any atom is -0.481 e. The van der Waals surface area contributed by atoms with Crippen molar-refractivity contribution in [2.24, 2.45) is 0 Å². The predicted molar refractivity (Wildman–Crippen MR) is 83.1 cm³/mol. The van der Waals surface area contributed by atoms with Gasteiger partial charge in [0.2, 0.25) is 0 Å². The van der Waals surface area contributed by atoms with E-state index in [0.717, 1.165) is 0 Å².